The van der Waals surface area contributed by atoms with Crippen LogP contribution in [0.1, 0.15) is 13.8 Å². The molecule has 0 amide bonds. The first-order valence-corrected chi connectivity index (χ1v) is 3.41. The lowest BCUT2D eigenvalue weighted by Crippen LogP contribution is -2.29. The average molecular weight is 145 g/mol. The molecule has 0 heterocycles. The van der Waals surface area contributed by atoms with E-state index in [0.717, 1.165) is 0 Å². The van der Waals surface area contributed by atoms with Crippen molar-refractivity contribution in [3.05, 3.63) is 0 Å². The zero-order valence-electron chi connectivity index (χ0n) is 6.76. The highest BCUT2D eigenvalue weighted by atomic mass is 16.5. The summed E-state index contributed by atoms with van der Waals surface area (Å²) in [6, 6.07) is 0. The summed E-state index contributed by atoms with van der Waals surface area (Å²) in [4.78, 5) is 10.9. The molecule has 10 heavy (non-hydrogen) atoms. The quantitative estimate of drug-likeness (QED) is 0.584. The lowest BCUT2D eigenvalue weighted by molar-refractivity contribution is -0.146. The molecule has 0 unspecified atom stereocenters. The summed E-state index contributed by atoms with van der Waals surface area (Å²) < 4.78 is 4.55. The average Bonchev–Trinajstić information content (AvgIpc) is 1.88. The number of esters is 1. The van der Waals surface area contributed by atoms with Gasteiger partial charge in [0.15, 0.2) is 0 Å². The number of rotatable bonds is 3. The number of carbonyl (C=O) groups is 1. The van der Waals surface area contributed by atoms with Crippen molar-refractivity contribution in [2.45, 2.75) is 13.8 Å². The Labute approximate surface area is 61.5 Å². The highest BCUT2D eigenvalue weighted by molar-refractivity contribution is 5.72. The largest absolute Gasteiger partial charge is 0.469 e. The Bertz CT molecular complexity index is 112. The van der Waals surface area contributed by atoms with Gasteiger partial charge in [-0.3, -0.25) is 4.79 Å². The van der Waals surface area contributed by atoms with Crippen LogP contribution >= 0.6 is 0 Å². The van der Waals surface area contributed by atoms with Crippen molar-refractivity contribution in [1.82, 2.24) is 0 Å². The van der Waals surface area contributed by atoms with Crippen molar-refractivity contribution >= 4 is 5.97 Å². The van der Waals surface area contributed by atoms with Gasteiger partial charge < -0.3 is 10.5 Å². The molecular weight excluding hydrogens is 130 g/mol. The molecule has 0 aromatic rings. The Balaban J connectivity index is 3.93. The molecule has 3 nitrogen and oxygen atoms in total. The van der Waals surface area contributed by atoms with E-state index in [1.807, 2.05) is 13.8 Å². The Morgan fingerprint density at radius 3 is 2.20 bits per heavy atom. The fourth-order valence-corrected chi connectivity index (χ4v) is 0.792. The first kappa shape index (κ1) is 9.43. The van der Waals surface area contributed by atoms with Crippen LogP contribution in [0.3, 0.4) is 0 Å². The normalized spacial score (nSPS) is 13.3. The van der Waals surface area contributed by atoms with Crippen molar-refractivity contribution in [1.29, 1.82) is 0 Å². The number of methoxy groups -OCH3 is 1. The van der Waals surface area contributed by atoms with Crippen molar-refractivity contribution in [3.63, 3.8) is 0 Å². The topological polar surface area (TPSA) is 52.3 Å². The van der Waals surface area contributed by atoms with Gasteiger partial charge in [-0.1, -0.05) is 13.8 Å². The molecule has 0 aliphatic rings. The summed E-state index contributed by atoms with van der Waals surface area (Å²) in [5.41, 5.74) is 5.35. The number of nitrogens with two attached hydrogens (primary N) is 1. The molecule has 2 N–H and O–H groups in total. The molecule has 0 bridgehead atoms. The van der Waals surface area contributed by atoms with Gasteiger partial charge in [-0.15, -0.1) is 0 Å². The minimum absolute atomic E-state index is 0.148. The summed E-state index contributed by atoms with van der Waals surface area (Å²) in [6.07, 6.45) is 0. The lowest BCUT2D eigenvalue weighted by Gasteiger charge is -2.14. The summed E-state index contributed by atoms with van der Waals surface area (Å²) in [5, 5.41) is 0. The zero-order chi connectivity index (χ0) is 8.15. The van der Waals surface area contributed by atoms with Gasteiger partial charge in [0.25, 0.3) is 0 Å². The molecule has 0 fully saturated rings. The third-order valence-corrected chi connectivity index (χ3v) is 1.56. The van der Waals surface area contributed by atoms with E-state index < -0.39 is 0 Å². The van der Waals surface area contributed by atoms with E-state index in [-0.39, 0.29) is 17.8 Å². The number of carbonyl (C=O) groups excluding carboxylic acids is 1. The number of ether oxygens (including phenoxy) is 1. The Kier molecular flexibility index (Phi) is 4.03. The van der Waals surface area contributed by atoms with E-state index in [1.165, 1.54) is 7.11 Å². The minimum Gasteiger partial charge on any atom is -0.469 e. The van der Waals surface area contributed by atoms with Crippen molar-refractivity contribution in [3.8, 4) is 0 Å². The molecule has 60 valence electrons. The van der Waals surface area contributed by atoms with Gasteiger partial charge in [-0.2, -0.15) is 0 Å². The smallest absolute Gasteiger partial charge is 0.310 e. The Hall–Kier alpha value is -0.570. The van der Waals surface area contributed by atoms with Crippen molar-refractivity contribution in [2.24, 2.45) is 17.6 Å². The molecule has 0 spiro atoms. The molecule has 1 atom stereocenters. The van der Waals surface area contributed by atoms with Crippen LogP contribution < -0.4 is 5.73 Å². The van der Waals surface area contributed by atoms with Crippen LogP contribution in [-0.2, 0) is 9.53 Å². The second-order valence-electron chi connectivity index (χ2n) is 2.61. The molecule has 0 radical (unpaired) electrons. The van der Waals surface area contributed by atoms with Crippen molar-refractivity contribution in [2.75, 3.05) is 13.7 Å². The Morgan fingerprint density at radius 1 is 1.60 bits per heavy atom. The molecule has 0 aliphatic carbocycles. The molecular formula is C7H15NO2. The van der Waals surface area contributed by atoms with Crippen LogP contribution in [0.4, 0.5) is 0 Å². The molecule has 0 saturated carbocycles. The van der Waals surface area contributed by atoms with Crippen LogP contribution in [0, 0.1) is 11.8 Å². The predicted molar refractivity (Wildman–Crippen MR) is 39.4 cm³/mol. The maximum atomic E-state index is 10.9. The van der Waals surface area contributed by atoms with E-state index >= 15 is 0 Å². The van der Waals surface area contributed by atoms with Crippen LogP contribution in [0.2, 0.25) is 0 Å². The van der Waals surface area contributed by atoms with Crippen LogP contribution in [0.5, 0.6) is 0 Å². The predicted octanol–water partition coefficient (Wildman–Crippen LogP) is 0.390. The summed E-state index contributed by atoms with van der Waals surface area (Å²) in [6.45, 7) is 4.27. The van der Waals surface area contributed by atoms with Gasteiger partial charge >= 0.3 is 5.97 Å². The second-order valence-corrected chi connectivity index (χ2v) is 2.61. The fourth-order valence-electron chi connectivity index (χ4n) is 0.792. The van der Waals surface area contributed by atoms with Gasteiger partial charge in [0, 0.05) is 6.54 Å². The summed E-state index contributed by atoms with van der Waals surface area (Å²) in [7, 11) is 1.38. The van der Waals surface area contributed by atoms with Crippen LogP contribution in [0.15, 0.2) is 0 Å². The fraction of sp³-hybridized carbons (Fsp3) is 0.857. The highest BCUT2D eigenvalue weighted by Gasteiger charge is 2.20. The SMILES string of the molecule is COC(=O)[C@@H](CN)C(C)C. The molecule has 0 aliphatic heterocycles. The van der Waals surface area contributed by atoms with Crippen molar-refractivity contribution < 1.29 is 9.53 Å². The van der Waals surface area contributed by atoms with E-state index in [1.54, 1.807) is 0 Å². The Morgan fingerprint density at radius 2 is 2.10 bits per heavy atom. The third kappa shape index (κ3) is 2.35. The lowest BCUT2D eigenvalue weighted by atomic mass is 9.96. The summed E-state index contributed by atoms with van der Waals surface area (Å²) >= 11 is 0. The first-order chi connectivity index (χ1) is 4.63. The van der Waals surface area contributed by atoms with Gasteiger partial charge in [0.1, 0.15) is 0 Å². The van der Waals surface area contributed by atoms with Crippen LogP contribution in [-0.4, -0.2) is 19.6 Å². The van der Waals surface area contributed by atoms with Gasteiger partial charge in [0.05, 0.1) is 13.0 Å². The minimum atomic E-state index is -0.211. The number of hydrogen-bond donors (Lipinski definition) is 1. The molecule has 0 aromatic heterocycles. The number of hydrogen-bond acceptors (Lipinski definition) is 3. The van der Waals surface area contributed by atoms with E-state index in [2.05, 4.69) is 4.74 Å². The van der Waals surface area contributed by atoms with Gasteiger partial charge in [-0.05, 0) is 5.92 Å². The van der Waals surface area contributed by atoms with Crippen LogP contribution in [0.25, 0.3) is 0 Å². The van der Waals surface area contributed by atoms with E-state index in [0.29, 0.717) is 6.54 Å². The molecule has 3 heteroatoms. The second kappa shape index (κ2) is 4.28. The summed E-state index contributed by atoms with van der Waals surface area (Å²) in [5.74, 6) is -0.0973. The molecule has 0 rings (SSSR count). The van der Waals surface area contributed by atoms with Gasteiger partial charge in [0.2, 0.25) is 0 Å². The van der Waals surface area contributed by atoms with E-state index in [9.17, 15) is 4.79 Å². The molecule has 0 saturated heterocycles. The zero-order valence-corrected chi connectivity index (χ0v) is 6.76. The van der Waals surface area contributed by atoms with Gasteiger partial charge in [-0.25, -0.2) is 0 Å². The third-order valence-electron chi connectivity index (χ3n) is 1.56. The maximum Gasteiger partial charge on any atom is 0.310 e. The monoisotopic (exact) mass is 145 g/mol. The van der Waals surface area contributed by atoms with E-state index in [4.69, 9.17) is 5.73 Å². The highest BCUT2D eigenvalue weighted by Crippen LogP contribution is 2.09. The maximum absolute atomic E-state index is 10.9. The molecule has 0 aromatic carbocycles. The standard InChI is InChI=1S/C7H15NO2/c1-5(2)6(4-8)7(9)10-3/h5-6H,4,8H2,1-3H3/t6-/m0/s1. The first-order valence-electron chi connectivity index (χ1n) is 3.41.